The highest BCUT2D eigenvalue weighted by molar-refractivity contribution is 7.98. The number of furan rings is 1. The number of halogens is 1. The van der Waals surface area contributed by atoms with Gasteiger partial charge in [-0.3, -0.25) is 4.79 Å². The van der Waals surface area contributed by atoms with Crippen LogP contribution in [0.1, 0.15) is 27.4 Å². The summed E-state index contributed by atoms with van der Waals surface area (Å²) in [7, 11) is 0. The van der Waals surface area contributed by atoms with Gasteiger partial charge in [0.15, 0.2) is 5.16 Å². The topological polar surface area (TPSA) is 77.2 Å². The lowest BCUT2D eigenvalue weighted by atomic mass is 10.0. The van der Waals surface area contributed by atoms with E-state index in [0.717, 1.165) is 16.8 Å². The van der Waals surface area contributed by atoms with Gasteiger partial charge in [-0.15, -0.1) is 0 Å². The number of nitrogens with one attached hydrogen (secondary N) is 1. The van der Waals surface area contributed by atoms with Crippen LogP contribution >= 0.6 is 23.4 Å². The largest absolute Gasteiger partial charge is 0.486 e. The Bertz CT molecular complexity index is 1080. The third kappa shape index (κ3) is 4.11. The van der Waals surface area contributed by atoms with E-state index >= 15 is 0 Å². The first-order chi connectivity index (χ1) is 13.9. The molecule has 0 radical (unpaired) electrons. The lowest BCUT2D eigenvalue weighted by Crippen LogP contribution is -2.34. The fraction of sp³-hybridized carbons (Fsp3) is 0.286. The van der Waals surface area contributed by atoms with Crippen molar-refractivity contribution in [3.63, 3.8) is 0 Å². The van der Waals surface area contributed by atoms with Gasteiger partial charge in [0, 0.05) is 23.7 Å². The predicted molar refractivity (Wildman–Crippen MR) is 113 cm³/mol. The van der Waals surface area contributed by atoms with Gasteiger partial charge in [-0.05, 0) is 44.4 Å². The third-order valence-electron chi connectivity index (χ3n) is 4.74. The second kappa shape index (κ2) is 8.08. The van der Waals surface area contributed by atoms with Crippen LogP contribution in [0.3, 0.4) is 0 Å². The monoisotopic (exact) mass is 429 g/mol. The molecular weight excluding hydrogens is 410 g/mol. The number of nitrogens with zero attached hydrogens (tertiary/aromatic N) is 2. The standard InChI is InChI=1S/C21H20ClN3O3S/c1-11-6-16(12(2)27-11)20(26)24-10-15-8-14-7-13(9-17(22)19(14)28-15)18-4-5-23-21(25-18)29-3/h4-7,9,15H,8,10H2,1-3H3,(H,24,26). The SMILES string of the molecule is CSc1nccc(-c2cc(Cl)c3c(c2)CC(CNC(=O)c2cc(C)oc2C)O3)n1. The summed E-state index contributed by atoms with van der Waals surface area (Å²) in [4.78, 5) is 21.2. The Hall–Kier alpha value is -2.51. The first-order valence-electron chi connectivity index (χ1n) is 9.16. The molecule has 1 atom stereocenters. The summed E-state index contributed by atoms with van der Waals surface area (Å²) < 4.78 is 11.4. The van der Waals surface area contributed by atoms with Crippen molar-refractivity contribution < 1.29 is 13.9 Å². The molecule has 3 aromatic rings. The lowest BCUT2D eigenvalue weighted by Gasteiger charge is -2.12. The Balaban J connectivity index is 1.47. The quantitative estimate of drug-likeness (QED) is 0.476. The van der Waals surface area contributed by atoms with Crippen LogP contribution in [-0.2, 0) is 6.42 Å². The number of ether oxygens (including phenoxy) is 1. The van der Waals surface area contributed by atoms with Gasteiger partial charge in [0.2, 0.25) is 0 Å². The maximum atomic E-state index is 12.4. The molecule has 1 aliphatic heterocycles. The first kappa shape index (κ1) is 19.8. The molecular formula is C21H20ClN3O3S. The van der Waals surface area contributed by atoms with Crippen molar-refractivity contribution >= 4 is 29.3 Å². The molecule has 0 fully saturated rings. The van der Waals surface area contributed by atoms with Crippen LogP contribution in [0, 0.1) is 13.8 Å². The second-order valence-electron chi connectivity index (χ2n) is 6.86. The molecule has 0 aliphatic carbocycles. The zero-order valence-corrected chi connectivity index (χ0v) is 17.9. The van der Waals surface area contributed by atoms with Gasteiger partial charge in [0.05, 0.1) is 22.8 Å². The fourth-order valence-electron chi connectivity index (χ4n) is 3.41. The molecule has 1 N–H and O–H groups in total. The number of fused-ring (bicyclic) bond motifs is 1. The Morgan fingerprint density at radius 3 is 2.90 bits per heavy atom. The van der Waals surface area contributed by atoms with E-state index in [-0.39, 0.29) is 12.0 Å². The molecule has 8 heteroatoms. The van der Waals surface area contributed by atoms with E-state index in [1.165, 1.54) is 11.8 Å². The first-order valence-corrected chi connectivity index (χ1v) is 10.8. The molecule has 0 saturated heterocycles. The normalized spacial score (nSPS) is 15.1. The van der Waals surface area contributed by atoms with Crippen molar-refractivity contribution in [2.45, 2.75) is 31.5 Å². The van der Waals surface area contributed by atoms with Crippen molar-refractivity contribution in [3.8, 4) is 17.0 Å². The second-order valence-corrected chi connectivity index (χ2v) is 8.04. The zero-order chi connectivity index (χ0) is 20.5. The average molecular weight is 430 g/mol. The van der Waals surface area contributed by atoms with Gasteiger partial charge in [0.25, 0.3) is 5.91 Å². The molecule has 0 saturated carbocycles. The summed E-state index contributed by atoms with van der Waals surface area (Å²) in [5.41, 5.74) is 3.29. The molecule has 0 bridgehead atoms. The Morgan fingerprint density at radius 2 is 2.17 bits per heavy atom. The molecule has 29 heavy (non-hydrogen) atoms. The summed E-state index contributed by atoms with van der Waals surface area (Å²) in [6, 6.07) is 7.49. The predicted octanol–water partition coefficient (Wildman–Crippen LogP) is 4.46. The van der Waals surface area contributed by atoms with E-state index in [2.05, 4.69) is 15.3 Å². The molecule has 3 heterocycles. The van der Waals surface area contributed by atoms with Gasteiger partial charge in [-0.1, -0.05) is 23.4 Å². The van der Waals surface area contributed by atoms with Crippen LogP contribution in [0.15, 0.2) is 40.0 Å². The van der Waals surface area contributed by atoms with Crippen molar-refractivity contribution in [1.29, 1.82) is 0 Å². The van der Waals surface area contributed by atoms with Crippen molar-refractivity contribution in [2.24, 2.45) is 0 Å². The average Bonchev–Trinajstić information content (AvgIpc) is 3.28. The molecule has 1 unspecified atom stereocenters. The van der Waals surface area contributed by atoms with E-state index < -0.39 is 0 Å². The van der Waals surface area contributed by atoms with Gasteiger partial charge in [-0.2, -0.15) is 0 Å². The Labute approximate surface area is 178 Å². The van der Waals surface area contributed by atoms with Gasteiger partial charge in [-0.25, -0.2) is 9.97 Å². The molecule has 6 nitrogen and oxygen atoms in total. The molecule has 150 valence electrons. The van der Waals surface area contributed by atoms with Crippen LogP contribution in [0.4, 0.5) is 0 Å². The minimum atomic E-state index is -0.179. The van der Waals surface area contributed by atoms with Crippen molar-refractivity contribution in [2.75, 3.05) is 12.8 Å². The lowest BCUT2D eigenvalue weighted by molar-refractivity contribution is 0.0932. The number of hydrogen-bond acceptors (Lipinski definition) is 6. The minimum absolute atomic E-state index is 0.170. The maximum Gasteiger partial charge on any atom is 0.254 e. The van der Waals surface area contributed by atoms with Gasteiger partial charge >= 0.3 is 0 Å². The van der Waals surface area contributed by atoms with Gasteiger partial charge in [0.1, 0.15) is 23.4 Å². The molecule has 2 aromatic heterocycles. The molecule has 1 aromatic carbocycles. The number of carbonyl (C=O) groups excluding carboxylic acids is 1. The number of aromatic nitrogens is 2. The molecule has 4 rings (SSSR count). The van der Waals surface area contributed by atoms with E-state index in [1.54, 1.807) is 19.2 Å². The number of carbonyl (C=O) groups is 1. The molecule has 1 amide bonds. The van der Waals surface area contributed by atoms with E-state index in [1.807, 2.05) is 31.4 Å². The fourth-order valence-corrected chi connectivity index (χ4v) is 4.05. The van der Waals surface area contributed by atoms with E-state index in [0.29, 0.717) is 46.0 Å². The highest BCUT2D eigenvalue weighted by Crippen LogP contribution is 2.39. The zero-order valence-electron chi connectivity index (χ0n) is 16.3. The minimum Gasteiger partial charge on any atom is -0.486 e. The van der Waals surface area contributed by atoms with Crippen LogP contribution in [0.5, 0.6) is 5.75 Å². The number of rotatable bonds is 5. The number of thioether (sulfide) groups is 1. The van der Waals surface area contributed by atoms with Crippen LogP contribution < -0.4 is 10.1 Å². The maximum absolute atomic E-state index is 12.4. The van der Waals surface area contributed by atoms with E-state index in [9.17, 15) is 4.79 Å². The van der Waals surface area contributed by atoms with Crippen molar-refractivity contribution in [1.82, 2.24) is 15.3 Å². The number of amides is 1. The number of aryl methyl sites for hydroxylation is 2. The highest BCUT2D eigenvalue weighted by Gasteiger charge is 2.27. The van der Waals surface area contributed by atoms with Crippen LogP contribution in [0.25, 0.3) is 11.3 Å². The molecule has 1 aliphatic rings. The highest BCUT2D eigenvalue weighted by atomic mass is 35.5. The van der Waals surface area contributed by atoms with Gasteiger partial charge < -0.3 is 14.5 Å². The summed E-state index contributed by atoms with van der Waals surface area (Å²) >= 11 is 7.96. The Kier molecular flexibility index (Phi) is 5.52. The summed E-state index contributed by atoms with van der Waals surface area (Å²) in [5.74, 6) is 1.82. The van der Waals surface area contributed by atoms with Crippen molar-refractivity contribution in [3.05, 3.63) is 58.1 Å². The van der Waals surface area contributed by atoms with E-state index in [4.69, 9.17) is 20.8 Å². The summed E-state index contributed by atoms with van der Waals surface area (Å²) in [5, 5.41) is 4.17. The third-order valence-corrected chi connectivity index (χ3v) is 5.58. The van der Waals surface area contributed by atoms with Crippen LogP contribution in [0.2, 0.25) is 5.02 Å². The Morgan fingerprint density at radius 1 is 1.34 bits per heavy atom. The molecule has 0 spiro atoms. The van der Waals surface area contributed by atoms with Crippen LogP contribution in [-0.4, -0.2) is 34.8 Å². The number of hydrogen-bond donors (Lipinski definition) is 1. The summed E-state index contributed by atoms with van der Waals surface area (Å²) in [6.07, 6.45) is 4.16. The number of benzene rings is 1. The summed E-state index contributed by atoms with van der Waals surface area (Å²) in [6.45, 7) is 3.98. The smallest absolute Gasteiger partial charge is 0.254 e.